The largest absolute Gasteiger partial charge is 0.457 e. The smallest absolute Gasteiger partial charge is 0.137 e. The van der Waals surface area contributed by atoms with Gasteiger partial charge in [0.15, 0.2) is 0 Å². The summed E-state index contributed by atoms with van der Waals surface area (Å²) in [6.07, 6.45) is 5.84. The maximum absolute atomic E-state index is 5.88. The third kappa shape index (κ3) is 4.12. The summed E-state index contributed by atoms with van der Waals surface area (Å²) in [4.78, 5) is 12.6. The summed E-state index contributed by atoms with van der Waals surface area (Å²) in [6.45, 7) is 0.755. The van der Waals surface area contributed by atoms with Gasteiger partial charge < -0.3 is 15.8 Å². The summed E-state index contributed by atoms with van der Waals surface area (Å²) in [7, 11) is 0. The minimum atomic E-state index is 0.699. The number of aromatic nitrogens is 3. The van der Waals surface area contributed by atoms with Gasteiger partial charge >= 0.3 is 0 Å². The highest BCUT2D eigenvalue weighted by Crippen LogP contribution is 2.22. The number of benzene rings is 2. The van der Waals surface area contributed by atoms with Crippen molar-refractivity contribution in [3.63, 3.8) is 0 Å². The zero-order valence-electron chi connectivity index (χ0n) is 14.7. The molecule has 0 fully saturated rings. The van der Waals surface area contributed by atoms with Crippen molar-refractivity contribution in [3.05, 3.63) is 78.9 Å². The molecule has 0 atom stereocenters. The van der Waals surface area contributed by atoms with Crippen molar-refractivity contribution in [2.75, 3.05) is 17.6 Å². The highest BCUT2D eigenvalue weighted by molar-refractivity contribution is 5.91. The van der Waals surface area contributed by atoms with Gasteiger partial charge in [0.25, 0.3) is 0 Å². The van der Waals surface area contributed by atoms with Crippen molar-refractivity contribution in [2.45, 2.75) is 6.42 Å². The van der Waals surface area contributed by atoms with Gasteiger partial charge in [-0.25, -0.2) is 9.97 Å². The Morgan fingerprint density at radius 3 is 2.48 bits per heavy atom. The predicted molar refractivity (Wildman–Crippen MR) is 107 cm³/mol. The first-order valence-corrected chi connectivity index (χ1v) is 8.69. The van der Waals surface area contributed by atoms with Gasteiger partial charge in [-0.05, 0) is 54.4 Å². The van der Waals surface area contributed by atoms with Crippen LogP contribution in [0.3, 0.4) is 0 Å². The third-order valence-corrected chi connectivity index (χ3v) is 4.17. The van der Waals surface area contributed by atoms with E-state index in [1.807, 2.05) is 42.5 Å². The van der Waals surface area contributed by atoms with E-state index in [2.05, 4.69) is 32.4 Å². The lowest BCUT2D eigenvalue weighted by atomic mass is 10.1. The molecule has 0 saturated carbocycles. The molecule has 0 radical (unpaired) electrons. The van der Waals surface area contributed by atoms with E-state index in [-0.39, 0.29) is 0 Å². The molecule has 0 unspecified atom stereocenters. The van der Waals surface area contributed by atoms with Crippen LogP contribution in [0, 0.1) is 0 Å². The number of nitrogens with two attached hydrogens (primary N) is 1. The molecule has 0 spiro atoms. The first-order chi connectivity index (χ1) is 13.3. The van der Waals surface area contributed by atoms with Crippen LogP contribution >= 0.6 is 0 Å². The van der Waals surface area contributed by atoms with E-state index >= 15 is 0 Å². The Morgan fingerprint density at radius 2 is 1.67 bits per heavy atom. The maximum Gasteiger partial charge on any atom is 0.137 e. The van der Waals surface area contributed by atoms with Crippen molar-refractivity contribution in [3.8, 4) is 11.5 Å². The van der Waals surface area contributed by atoms with Gasteiger partial charge in [0, 0.05) is 30.0 Å². The molecule has 2 aromatic heterocycles. The average Bonchev–Trinajstić information content (AvgIpc) is 2.70. The van der Waals surface area contributed by atoms with Crippen LogP contribution in [0.4, 0.5) is 11.5 Å². The lowest BCUT2D eigenvalue weighted by molar-refractivity contribution is 0.481. The quantitative estimate of drug-likeness (QED) is 0.506. The van der Waals surface area contributed by atoms with E-state index in [4.69, 9.17) is 10.5 Å². The van der Waals surface area contributed by atoms with Crippen LogP contribution in [-0.4, -0.2) is 21.5 Å². The van der Waals surface area contributed by atoms with Crippen molar-refractivity contribution < 1.29 is 4.74 Å². The number of anilines is 2. The Kier molecular flexibility index (Phi) is 4.78. The number of nitrogens with one attached hydrogen (secondary N) is 1. The fourth-order valence-electron chi connectivity index (χ4n) is 2.81. The molecule has 0 aliphatic heterocycles. The van der Waals surface area contributed by atoms with Gasteiger partial charge in [-0.2, -0.15) is 0 Å². The molecule has 134 valence electrons. The van der Waals surface area contributed by atoms with E-state index in [1.165, 1.54) is 5.56 Å². The summed E-state index contributed by atoms with van der Waals surface area (Å²) < 4.78 is 5.78. The first-order valence-electron chi connectivity index (χ1n) is 8.69. The van der Waals surface area contributed by atoms with Crippen molar-refractivity contribution >= 4 is 22.4 Å². The Bertz CT molecular complexity index is 1040. The van der Waals surface area contributed by atoms with Gasteiger partial charge in [-0.15, -0.1) is 0 Å². The molecular formula is C21H19N5O. The van der Waals surface area contributed by atoms with Gasteiger partial charge in [0.2, 0.25) is 0 Å². The van der Waals surface area contributed by atoms with Crippen LogP contribution in [0.2, 0.25) is 0 Å². The Hall–Kier alpha value is -3.67. The van der Waals surface area contributed by atoms with E-state index in [9.17, 15) is 0 Å². The average molecular weight is 357 g/mol. The lowest BCUT2D eigenvalue weighted by Crippen LogP contribution is -2.07. The summed E-state index contributed by atoms with van der Waals surface area (Å²) in [5.74, 6) is 2.37. The molecule has 4 aromatic rings. The summed E-state index contributed by atoms with van der Waals surface area (Å²) in [6, 6.07) is 17.4. The third-order valence-electron chi connectivity index (χ3n) is 4.17. The second-order valence-corrected chi connectivity index (χ2v) is 6.10. The number of pyridine rings is 1. The van der Waals surface area contributed by atoms with Crippen molar-refractivity contribution in [1.29, 1.82) is 0 Å². The Labute approximate surface area is 157 Å². The number of nitrogens with zero attached hydrogens (tertiary/aromatic N) is 3. The van der Waals surface area contributed by atoms with Crippen LogP contribution < -0.4 is 15.8 Å². The SMILES string of the molecule is Nc1ccc2ncnc(NCCc3ccc(Oc4ccncc4)cc3)c2c1. The number of hydrogen-bond acceptors (Lipinski definition) is 6. The van der Waals surface area contributed by atoms with Gasteiger partial charge in [-0.3, -0.25) is 4.98 Å². The minimum absolute atomic E-state index is 0.699. The molecule has 6 nitrogen and oxygen atoms in total. The minimum Gasteiger partial charge on any atom is -0.457 e. The zero-order valence-corrected chi connectivity index (χ0v) is 14.7. The molecule has 2 aromatic carbocycles. The summed E-state index contributed by atoms with van der Waals surface area (Å²) >= 11 is 0. The standard InChI is InChI=1S/C21H19N5O/c22-16-3-6-20-19(13-16)21(26-14-25-20)24-12-7-15-1-4-17(5-2-15)27-18-8-10-23-11-9-18/h1-6,8-11,13-14H,7,12,22H2,(H,24,25,26). The Balaban J connectivity index is 1.37. The maximum atomic E-state index is 5.88. The second kappa shape index (κ2) is 7.70. The topological polar surface area (TPSA) is 86.0 Å². The molecule has 0 aliphatic carbocycles. The van der Waals surface area contributed by atoms with E-state index in [0.29, 0.717) is 5.69 Å². The fraction of sp³-hybridized carbons (Fsp3) is 0.0952. The van der Waals surface area contributed by atoms with Gasteiger partial charge in [0.05, 0.1) is 5.52 Å². The number of fused-ring (bicyclic) bond motifs is 1. The predicted octanol–water partition coefficient (Wildman–Crippen LogP) is 4.05. The zero-order chi connectivity index (χ0) is 18.5. The molecule has 0 bridgehead atoms. The van der Waals surface area contributed by atoms with Crippen LogP contribution in [0.15, 0.2) is 73.3 Å². The number of ether oxygens (including phenoxy) is 1. The molecule has 0 aliphatic rings. The lowest BCUT2D eigenvalue weighted by Gasteiger charge is -2.09. The molecular weight excluding hydrogens is 338 g/mol. The van der Waals surface area contributed by atoms with Crippen LogP contribution in [0.25, 0.3) is 10.9 Å². The number of nitrogen functional groups attached to an aromatic ring is 1. The van der Waals surface area contributed by atoms with Gasteiger partial charge in [-0.1, -0.05) is 12.1 Å². The molecule has 0 saturated heterocycles. The molecule has 2 heterocycles. The van der Waals surface area contributed by atoms with E-state index in [0.717, 1.165) is 41.2 Å². The van der Waals surface area contributed by atoms with Crippen LogP contribution in [0.1, 0.15) is 5.56 Å². The first kappa shape index (κ1) is 16.8. The Morgan fingerprint density at radius 1 is 0.889 bits per heavy atom. The highest BCUT2D eigenvalue weighted by atomic mass is 16.5. The molecule has 3 N–H and O–H groups in total. The number of hydrogen-bond donors (Lipinski definition) is 2. The molecule has 6 heteroatoms. The summed E-state index contributed by atoms with van der Waals surface area (Å²) in [5, 5.41) is 4.30. The van der Waals surface area contributed by atoms with Crippen LogP contribution in [0.5, 0.6) is 11.5 Å². The number of rotatable bonds is 6. The monoisotopic (exact) mass is 357 g/mol. The fourth-order valence-corrected chi connectivity index (χ4v) is 2.81. The molecule has 4 rings (SSSR count). The van der Waals surface area contributed by atoms with Crippen molar-refractivity contribution in [1.82, 2.24) is 15.0 Å². The van der Waals surface area contributed by atoms with E-state index < -0.39 is 0 Å². The van der Waals surface area contributed by atoms with Crippen molar-refractivity contribution in [2.24, 2.45) is 0 Å². The normalized spacial score (nSPS) is 10.7. The van der Waals surface area contributed by atoms with Gasteiger partial charge in [0.1, 0.15) is 23.6 Å². The van der Waals surface area contributed by atoms with Crippen LogP contribution in [-0.2, 0) is 6.42 Å². The second-order valence-electron chi connectivity index (χ2n) is 6.10. The highest BCUT2D eigenvalue weighted by Gasteiger charge is 2.04. The molecule has 0 amide bonds. The summed E-state index contributed by atoms with van der Waals surface area (Å²) in [5.41, 5.74) is 8.67. The molecule has 27 heavy (non-hydrogen) atoms. The van der Waals surface area contributed by atoms with E-state index in [1.54, 1.807) is 18.7 Å².